The van der Waals surface area contributed by atoms with Gasteiger partial charge < -0.3 is 14.8 Å². The Balaban J connectivity index is 1.92. The van der Waals surface area contributed by atoms with E-state index in [1.165, 1.54) is 24.3 Å². The van der Waals surface area contributed by atoms with Crippen LogP contribution in [0.1, 0.15) is 25.5 Å². The van der Waals surface area contributed by atoms with E-state index in [9.17, 15) is 13.2 Å². The van der Waals surface area contributed by atoms with Crippen LogP contribution < -0.4 is 19.1 Å². The summed E-state index contributed by atoms with van der Waals surface area (Å²) in [4.78, 5) is 13.0. The molecule has 1 N–H and O–H groups in total. The molecule has 1 atom stereocenters. The number of carbonyl (C=O) groups is 1. The Labute approximate surface area is 205 Å². The monoisotopic (exact) mass is 502 g/mol. The fraction of sp³-hybridized carbons (Fsp3) is 0.240. The molecule has 3 aromatic carbocycles. The van der Waals surface area contributed by atoms with Gasteiger partial charge in [-0.2, -0.15) is 0 Å². The molecule has 0 radical (unpaired) electrons. The maximum Gasteiger partial charge on any atom is 0.264 e. The zero-order chi connectivity index (χ0) is 24.7. The van der Waals surface area contributed by atoms with E-state index in [0.717, 1.165) is 9.87 Å². The van der Waals surface area contributed by atoms with Crippen molar-refractivity contribution >= 4 is 33.2 Å². The van der Waals surface area contributed by atoms with E-state index in [2.05, 4.69) is 5.32 Å². The van der Waals surface area contributed by atoms with Gasteiger partial charge in [0, 0.05) is 5.02 Å². The highest BCUT2D eigenvalue weighted by molar-refractivity contribution is 7.92. The van der Waals surface area contributed by atoms with Gasteiger partial charge in [-0.3, -0.25) is 9.10 Å². The molecule has 3 rings (SSSR count). The molecule has 0 bridgehead atoms. The van der Waals surface area contributed by atoms with Crippen LogP contribution in [0.15, 0.2) is 77.7 Å². The number of benzene rings is 3. The number of hydrogen-bond donors (Lipinski definition) is 1. The molecule has 0 heterocycles. The number of amides is 1. The van der Waals surface area contributed by atoms with Crippen LogP contribution >= 0.6 is 11.6 Å². The molecule has 34 heavy (non-hydrogen) atoms. The lowest BCUT2D eigenvalue weighted by Crippen LogP contribution is -2.41. The largest absolute Gasteiger partial charge is 0.497 e. The topological polar surface area (TPSA) is 84.9 Å². The van der Waals surface area contributed by atoms with E-state index in [0.29, 0.717) is 23.1 Å². The van der Waals surface area contributed by atoms with Crippen LogP contribution in [0.3, 0.4) is 0 Å². The molecule has 0 aromatic heterocycles. The number of ether oxygens (including phenoxy) is 2. The number of nitrogens with one attached hydrogen (secondary N) is 1. The number of hydrogen-bond acceptors (Lipinski definition) is 5. The lowest BCUT2D eigenvalue weighted by Gasteiger charge is -2.26. The second kappa shape index (κ2) is 11.3. The SMILES string of the molecule is CCOc1ccccc1N(CC(=O)N[C@@H](C)c1ccc(OC)cc1)S(=O)(=O)c1ccc(Cl)cc1. The molecular weight excluding hydrogens is 476 g/mol. The van der Waals surface area contributed by atoms with Gasteiger partial charge in [0.25, 0.3) is 10.0 Å². The van der Waals surface area contributed by atoms with Crippen molar-refractivity contribution < 1.29 is 22.7 Å². The van der Waals surface area contributed by atoms with Gasteiger partial charge in [-0.1, -0.05) is 35.9 Å². The van der Waals surface area contributed by atoms with Crippen LogP contribution in [0.4, 0.5) is 5.69 Å². The highest BCUT2D eigenvalue weighted by Gasteiger charge is 2.30. The van der Waals surface area contributed by atoms with Crippen molar-refractivity contribution in [2.24, 2.45) is 0 Å². The number of carbonyl (C=O) groups excluding carboxylic acids is 1. The highest BCUT2D eigenvalue weighted by atomic mass is 35.5. The Hall–Kier alpha value is -3.23. The summed E-state index contributed by atoms with van der Waals surface area (Å²) in [5, 5.41) is 3.28. The molecule has 0 saturated heterocycles. The molecule has 0 aliphatic carbocycles. The Kier molecular flexibility index (Phi) is 8.41. The molecule has 0 aliphatic heterocycles. The minimum atomic E-state index is -4.10. The number of para-hydroxylation sites is 2. The average Bonchev–Trinajstić information content (AvgIpc) is 2.83. The zero-order valence-electron chi connectivity index (χ0n) is 19.2. The van der Waals surface area contributed by atoms with Gasteiger partial charge in [0.1, 0.15) is 18.0 Å². The fourth-order valence-electron chi connectivity index (χ4n) is 3.37. The van der Waals surface area contributed by atoms with Gasteiger partial charge in [-0.05, 0) is 67.9 Å². The van der Waals surface area contributed by atoms with E-state index in [4.69, 9.17) is 21.1 Å². The first-order valence-electron chi connectivity index (χ1n) is 10.7. The Morgan fingerprint density at radius 3 is 2.29 bits per heavy atom. The molecule has 0 aliphatic rings. The van der Waals surface area contributed by atoms with Crippen molar-refractivity contribution in [2.45, 2.75) is 24.8 Å². The predicted octanol–water partition coefficient (Wildman–Crippen LogP) is 4.82. The van der Waals surface area contributed by atoms with Crippen LogP contribution in [0.25, 0.3) is 0 Å². The number of rotatable bonds is 10. The summed E-state index contributed by atoms with van der Waals surface area (Å²) in [5.41, 5.74) is 1.13. The van der Waals surface area contributed by atoms with Crippen molar-refractivity contribution in [2.75, 3.05) is 24.6 Å². The van der Waals surface area contributed by atoms with Crippen LogP contribution in [0, 0.1) is 0 Å². The number of sulfonamides is 1. The third-order valence-corrected chi connectivity index (χ3v) is 7.14. The van der Waals surface area contributed by atoms with E-state index in [-0.39, 0.29) is 16.6 Å². The summed E-state index contributed by atoms with van der Waals surface area (Å²) in [6.07, 6.45) is 0. The van der Waals surface area contributed by atoms with Crippen molar-refractivity contribution in [3.8, 4) is 11.5 Å². The van der Waals surface area contributed by atoms with Gasteiger partial charge in [0.2, 0.25) is 5.91 Å². The van der Waals surface area contributed by atoms with Crippen LogP contribution in [-0.4, -0.2) is 34.6 Å². The second-order valence-electron chi connectivity index (χ2n) is 7.43. The second-order valence-corrected chi connectivity index (χ2v) is 9.73. The molecule has 180 valence electrons. The van der Waals surface area contributed by atoms with Crippen molar-refractivity contribution in [3.63, 3.8) is 0 Å². The predicted molar refractivity (Wildman–Crippen MR) is 133 cm³/mol. The maximum atomic E-state index is 13.6. The lowest BCUT2D eigenvalue weighted by molar-refractivity contribution is -0.120. The number of methoxy groups -OCH3 is 1. The van der Waals surface area contributed by atoms with Gasteiger partial charge in [-0.25, -0.2) is 8.42 Å². The molecule has 3 aromatic rings. The first-order valence-corrected chi connectivity index (χ1v) is 12.5. The molecule has 0 saturated carbocycles. The van der Waals surface area contributed by atoms with E-state index in [1.807, 2.05) is 19.1 Å². The number of nitrogens with zero attached hydrogens (tertiary/aromatic N) is 1. The third-order valence-electron chi connectivity index (χ3n) is 5.12. The van der Waals surface area contributed by atoms with Crippen molar-refractivity contribution in [1.82, 2.24) is 5.32 Å². The normalized spacial score (nSPS) is 12.0. The maximum absolute atomic E-state index is 13.6. The summed E-state index contributed by atoms with van der Waals surface area (Å²) in [6.45, 7) is 3.53. The van der Waals surface area contributed by atoms with E-state index >= 15 is 0 Å². The minimum absolute atomic E-state index is 0.0132. The van der Waals surface area contributed by atoms with Crippen molar-refractivity contribution in [3.05, 3.63) is 83.4 Å². The molecule has 7 nitrogen and oxygen atoms in total. The molecule has 0 fully saturated rings. The van der Waals surface area contributed by atoms with Gasteiger partial charge in [0.15, 0.2) is 0 Å². The van der Waals surface area contributed by atoms with Crippen molar-refractivity contribution in [1.29, 1.82) is 0 Å². The minimum Gasteiger partial charge on any atom is -0.497 e. The first-order chi connectivity index (χ1) is 16.3. The Bertz CT molecular complexity index is 1210. The number of anilines is 1. The number of halogens is 1. The first kappa shape index (κ1) is 25.4. The lowest BCUT2D eigenvalue weighted by atomic mass is 10.1. The third kappa shape index (κ3) is 6.01. The molecule has 9 heteroatoms. The van der Waals surface area contributed by atoms with Crippen LogP contribution in [0.2, 0.25) is 5.02 Å². The smallest absolute Gasteiger partial charge is 0.264 e. The summed E-state index contributed by atoms with van der Waals surface area (Å²) in [7, 11) is -2.52. The zero-order valence-corrected chi connectivity index (χ0v) is 20.8. The quantitative estimate of drug-likeness (QED) is 0.429. The van der Waals surface area contributed by atoms with Crippen LogP contribution in [-0.2, 0) is 14.8 Å². The molecule has 0 unspecified atom stereocenters. The standard InChI is InChI=1S/C25H27ClN2O5S/c1-4-33-24-8-6-5-7-23(24)28(34(30,31)22-15-11-20(26)12-16-22)17-25(29)27-18(2)19-9-13-21(32-3)14-10-19/h5-16,18H,4,17H2,1-3H3,(H,27,29)/t18-/m0/s1. The fourth-order valence-corrected chi connectivity index (χ4v) is 4.93. The molecular formula is C25H27ClN2O5S. The van der Waals surface area contributed by atoms with E-state index < -0.39 is 22.5 Å². The Morgan fingerprint density at radius 1 is 1.03 bits per heavy atom. The summed E-state index contributed by atoms with van der Waals surface area (Å²) in [5.74, 6) is 0.598. The van der Waals surface area contributed by atoms with Crippen LogP contribution in [0.5, 0.6) is 11.5 Å². The summed E-state index contributed by atoms with van der Waals surface area (Å²) in [6, 6.07) is 19.5. The summed E-state index contributed by atoms with van der Waals surface area (Å²) < 4.78 is 39.1. The van der Waals surface area contributed by atoms with Gasteiger partial charge in [-0.15, -0.1) is 0 Å². The van der Waals surface area contributed by atoms with Gasteiger partial charge in [0.05, 0.1) is 30.3 Å². The van der Waals surface area contributed by atoms with E-state index in [1.54, 1.807) is 50.4 Å². The average molecular weight is 503 g/mol. The molecule has 1 amide bonds. The summed E-state index contributed by atoms with van der Waals surface area (Å²) >= 11 is 5.94. The molecule has 0 spiro atoms. The highest BCUT2D eigenvalue weighted by Crippen LogP contribution is 2.33. The van der Waals surface area contributed by atoms with Gasteiger partial charge >= 0.3 is 0 Å². The Morgan fingerprint density at radius 2 is 1.68 bits per heavy atom.